The molecule has 2 aromatic carbocycles. The maximum atomic E-state index is 12.5. The molecule has 0 aromatic heterocycles. The molecule has 1 saturated heterocycles. The van der Waals surface area contributed by atoms with Gasteiger partial charge in [-0.05, 0) is 34.6 Å². The van der Waals surface area contributed by atoms with Crippen LogP contribution in [0, 0.1) is 11.8 Å². The fourth-order valence-electron chi connectivity index (χ4n) is 4.05. The van der Waals surface area contributed by atoms with Gasteiger partial charge in [0.15, 0.2) is 0 Å². The van der Waals surface area contributed by atoms with Gasteiger partial charge in [-0.25, -0.2) is 0 Å². The van der Waals surface area contributed by atoms with Crippen LogP contribution in [-0.4, -0.2) is 29.8 Å². The predicted molar refractivity (Wildman–Crippen MR) is 105 cm³/mol. The molecule has 1 fully saturated rings. The summed E-state index contributed by atoms with van der Waals surface area (Å²) in [4.78, 5) is 26.0. The number of carbonyl (C=O) groups is 2. The lowest BCUT2D eigenvalue weighted by Crippen LogP contribution is -2.43. The van der Waals surface area contributed by atoms with Crippen LogP contribution in [0.2, 0.25) is 0 Å². The summed E-state index contributed by atoms with van der Waals surface area (Å²) in [6, 6.07) is 14.5. The van der Waals surface area contributed by atoms with Crippen molar-refractivity contribution in [3.05, 3.63) is 48.0 Å². The number of rotatable bonds is 5. The van der Waals surface area contributed by atoms with Gasteiger partial charge in [0.05, 0.1) is 0 Å². The topological polar surface area (TPSA) is 49.4 Å². The summed E-state index contributed by atoms with van der Waals surface area (Å²) in [6.07, 6.45) is 2.47. The average Bonchev–Trinajstić information content (AvgIpc) is 2.66. The maximum absolute atomic E-state index is 12.5. The summed E-state index contributed by atoms with van der Waals surface area (Å²) in [5.41, 5.74) is 1.15. The van der Waals surface area contributed by atoms with Crippen LogP contribution in [-0.2, 0) is 16.1 Å². The summed E-state index contributed by atoms with van der Waals surface area (Å²) in [5.74, 6) is 1.03. The van der Waals surface area contributed by atoms with Gasteiger partial charge in [0.2, 0.25) is 11.8 Å². The van der Waals surface area contributed by atoms with E-state index in [1.165, 1.54) is 10.8 Å². The minimum Gasteiger partial charge on any atom is -0.352 e. The van der Waals surface area contributed by atoms with Crippen LogP contribution in [0.25, 0.3) is 10.8 Å². The van der Waals surface area contributed by atoms with Gasteiger partial charge in [0.1, 0.15) is 0 Å². The Kier molecular flexibility index (Phi) is 5.92. The van der Waals surface area contributed by atoms with Crippen molar-refractivity contribution in [2.75, 3.05) is 13.1 Å². The van der Waals surface area contributed by atoms with Gasteiger partial charge in [-0.15, -0.1) is 0 Å². The highest BCUT2D eigenvalue weighted by molar-refractivity contribution is 5.86. The zero-order chi connectivity index (χ0) is 18.5. The van der Waals surface area contributed by atoms with Gasteiger partial charge >= 0.3 is 0 Å². The Morgan fingerprint density at radius 3 is 2.65 bits per heavy atom. The van der Waals surface area contributed by atoms with Crippen LogP contribution in [0.15, 0.2) is 42.5 Å². The number of nitrogens with one attached hydrogen (secondary N) is 1. The highest BCUT2D eigenvalue weighted by Gasteiger charge is 2.30. The summed E-state index contributed by atoms with van der Waals surface area (Å²) in [7, 11) is 0. The summed E-state index contributed by atoms with van der Waals surface area (Å²) >= 11 is 0. The molecule has 2 aromatic rings. The van der Waals surface area contributed by atoms with Crippen molar-refractivity contribution in [1.29, 1.82) is 0 Å². The molecule has 0 radical (unpaired) electrons. The zero-order valence-electron chi connectivity index (χ0n) is 15.7. The first-order valence-electron chi connectivity index (χ1n) is 9.57. The van der Waals surface area contributed by atoms with Crippen LogP contribution >= 0.6 is 0 Å². The van der Waals surface area contributed by atoms with Gasteiger partial charge in [0.25, 0.3) is 0 Å². The van der Waals surface area contributed by atoms with E-state index >= 15 is 0 Å². The van der Waals surface area contributed by atoms with Gasteiger partial charge in [-0.3, -0.25) is 9.59 Å². The van der Waals surface area contributed by atoms with E-state index in [1.54, 1.807) is 6.92 Å². The van der Waals surface area contributed by atoms with E-state index in [0.29, 0.717) is 24.8 Å². The molecule has 1 N–H and O–H groups in total. The van der Waals surface area contributed by atoms with E-state index < -0.39 is 0 Å². The largest absolute Gasteiger partial charge is 0.352 e. The SMILES string of the molecule is CCC1CN(C(C)=O)CCC1CC(=O)NCc1cccc2ccccc12. The Hall–Kier alpha value is -2.36. The lowest BCUT2D eigenvalue weighted by molar-refractivity contribution is -0.132. The Labute approximate surface area is 155 Å². The van der Waals surface area contributed by atoms with Crippen LogP contribution in [0.1, 0.15) is 38.7 Å². The predicted octanol–water partition coefficient (Wildman–Crippen LogP) is 3.74. The van der Waals surface area contributed by atoms with Crippen molar-refractivity contribution in [3.8, 4) is 0 Å². The molecular weight excluding hydrogens is 324 g/mol. The Morgan fingerprint density at radius 1 is 1.12 bits per heavy atom. The monoisotopic (exact) mass is 352 g/mol. The minimum atomic E-state index is 0.109. The molecule has 1 aliphatic heterocycles. The average molecular weight is 352 g/mol. The third kappa shape index (κ3) is 4.24. The third-order valence-corrected chi connectivity index (χ3v) is 5.66. The maximum Gasteiger partial charge on any atom is 0.220 e. The van der Waals surface area contributed by atoms with Crippen molar-refractivity contribution in [3.63, 3.8) is 0 Å². The molecule has 2 unspecified atom stereocenters. The van der Waals surface area contributed by atoms with Crippen molar-refractivity contribution in [2.24, 2.45) is 11.8 Å². The summed E-state index contributed by atoms with van der Waals surface area (Å²) in [5, 5.41) is 5.48. The van der Waals surface area contributed by atoms with E-state index in [4.69, 9.17) is 0 Å². The highest BCUT2D eigenvalue weighted by Crippen LogP contribution is 2.29. The number of likely N-dealkylation sites (tertiary alicyclic amines) is 1. The quantitative estimate of drug-likeness (QED) is 0.891. The molecule has 3 rings (SSSR count). The van der Waals surface area contributed by atoms with Gasteiger partial charge < -0.3 is 10.2 Å². The highest BCUT2D eigenvalue weighted by atomic mass is 16.2. The first-order valence-corrected chi connectivity index (χ1v) is 9.57. The second kappa shape index (κ2) is 8.35. The molecule has 0 bridgehead atoms. The van der Waals surface area contributed by atoms with Crippen molar-refractivity contribution >= 4 is 22.6 Å². The molecular formula is C22H28N2O2. The molecule has 0 spiro atoms. The lowest BCUT2D eigenvalue weighted by atomic mass is 9.81. The van der Waals surface area contributed by atoms with E-state index in [0.717, 1.165) is 31.5 Å². The van der Waals surface area contributed by atoms with E-state index in [-0.39, 0.29) is 11.8 Å². The number of fused-ring (bicyclic) bond motifs is 1. The first kappa shape index (κ1) is 18.4. The molecule has 0 saturated carbocycles. The molecule has 2 atom stereocenters. The summed E-state index contributed by atoms with van der Waals surface area (Å²) in [6.45, 7) is 5.89. The Balaban J connectivity index is 1.58. The minimum absolute atomic E-state index is 0.109. The van der Waals surface area contributed by atoms with Crippen molar-refractivity contribution < 1.29 is 9.59 Å². The first-order chi connectivity index (χ1) is 12.6. The smallest absolute Gasteiger partial charge is 0.220 e. The lowest BCUT2D eigenvalue weighted by Gasteiger charge is -2.37. The molecule has 138 valence electrons. The Bertz CT molecular complexity index is 781. The van der Waals surface area contributed by atoms with Gasteiger partial charge in [0, 0.05) is 33.0 Å². The molecule has 4 nitrogen and oxygen atoms in total. The normalized spacial score (nSPS) is 20.2. The molecule has 4 heteroatoms. The molecule has 26 heavy (non-hydrogen) atoms. The second-order valence-corrected chi connectivity index (χ2v) is 7.30. The number of nitrogens with zero attached hydrogens (tertiary/aromatic N) is 1. The molecule has 0 aliphatic carbocycles. The second-order valence-electron chi connectivity index (χ2n) is 7.30. The van der Waals surface area contributed by atoms with Crippen molar-refractivity contribution in [1.82, 2.24) is 10.2 Å². The number of hydrogen-bond donors (Lipinski definition) is 1. The standard InChI is InChI=1S/C22H28N2O2/c1-3-17-15-24(16(2)25)12-11-19(17)13-22(26)23-14-20-9-6-8-18-7-4-5-10-21(18)20/h4-10,17,19H,3,11-15H2,1-2H3,(H,23,26). The number of amides is 2. The van der Waals surface area contributed by atoms with Gasteiger partial charge in [-0.2, -0.15) is 0 Å². The fraction of sp³-hybridized carbons (Fsp3) is 0.455. The van der Waals surface area contributed by atoms with Gasteiger partial charge in [-0.1, -0.05) is 55.8 Å². The van der Waals surface area contributed by atoms with Crippen LogP contribution < -0.4 is 5.32 Å². The van der Waals surface area contributed by atoms with Crippen LogP contribution in [0.5, 0.6) is 0 Å². The van der Waals surface area contributed by atoms with Crippen molar-refractivity contribution in [2.45, 2.75) is 39.7 Å². The van der Waals surface area contributed by atoms with Crippen LogP contribution in [0.4, 0.5) is 0 Å². The summed E-state index contributed by atoms with van der Waals surface area (Å²) < 4.78 is 0. The van der Waals surface area contributed by atoms with E-state index in [2.05, 4.69) is 36.5 Å². The zero-order valence-corrected chi connectivity index (χ0v) is 15.7. The molecule has 2 amide bonds. The number of carbonyl (C=O) groups excluding carboxylic acids is 2. The molecule has 1 heterocycles. The third-order valence-electron chi connectivity index (χ3n) is 5.66. The van der Waals surface area contributed by atoms with Crippen LogP contribution in [0.3, 0.4) is 0 Å². The fourth-order valence-corrected chi connectivity index (χ4v) is 4.05. The Morgan fingerprint density at radius 2 is 1.88 bits per heavy atom. The molecule has 1 aliphatic rings. The number of piperidine rings is 1. The number of benzene rings is 2. The van der Waals surface area contributed by atoms with E-state index in [9.17, 15) is 9.59 Å². The number of hydrogen-bond acceptors (Lipinski definition) is 2. The van der Waals surface area contributed by atoms with E-state index in [1.807, 2.05) is 23.1 Å².